The van der Waals surface area contributed by atoms with Crippen LogP contribution < -0.4 is 0 Å². The number of hydrogen-bond donors (Lipinski definition) is 0. The smallest absolute Gasteiger partial charge is 0.308 e. The van der Waals surface area contributed by atoms with Crippen LogP contribution in [0.4, 0.5) is 0 Å². The topological polar surface area (TPSA) is 114 Å². The van der Waals surface area contributed by atoms with Gasteiger partial charge in [-0.05, 0) is 5.92 Å². The molecule has 1 saturated heterocycles. The van der Waals surface area contributed by atoms with Crippen LogP contribution >= 0.6 is 0 Å². The summed E-state index contributed by atoms with van der Waals surface area (Å²) in [6.45, 7) is 4.45. The summed E-state index contributed by atoms with van der Waals surface area (Å²) in [6, 6.07) is 0. The van der Waals surface area contributed by atoms with Crippen LogP contribution in [0.25, 0.3) is 0 Å². The highest BCUT2D eigenvalue weighted by Crippen LogP contribution is 2.25. The van der Waals surface area contributed by atoms with E-state index in [1.165, 1.54) is 6.92 Å². The van der Waals surface area contributed by atoms with Gasteiger partial charge in [-0.3, -0.25) is 19.2 Å². The lowest BCUT2D eigenvalue weighted by molar-refractivity contribution is -0.883. The summed E-state index contributed by atoms with van der Waals surface area (Å²) in [6.07, 6.45) is 1.12. The molecule has 0 bridgehead atoms. The molecule has 0 aliphatic carbocycles. The van der Waals surface area contributed by atoms with Gasteiger partial charge >= 0.3 is 23.9 Å². The van der Waals surface area contributed by atoms with E-state index in [9.17, 15) is 19.2 Å². The number of carbonyl (C=O) groups excluding carboxylic acids is 4. The van der Waals surface area contributed by atoms with E-state index in [1.807, 2.05) is 14.1 Å². The zero-order valence-corrected chi connectivity index (χ0v) is 18.0. The lowest BCUT2D eigenvalue weighted by atomic mass is 10.0. The van der Waals surface area contributed by atoms with Crippen LogP contribution in [0.1, 0.15) is 33.6 Å². The molecule has 0 aromatic rings. The predicted octanol–water partition coefficient (Wildman–Crippen LogP) is 0.171. The van der Waals surface area contributed by atoms with Gasteiger partial charge in [-0.25, -0.2) is 0 Å². The molecule has 1 aliphatic rings. The minimum absolute atomic E-state index is 0.0878. The van der Waals surface area contributed by atoms with Gasteiger partial charge in [-0.2, -0.15) is 0 Å². The highest BCUT2D eigenvalue weighted by molar-refractivity contribution is 5.70. The van der Waals surface area contributed by atoms with E-state index in [0.29, 0.717) is 24.0 Å². The van der Waals surface area contributed by atoms with Gasteiger partial charge in [-0.15, -0.1) is 6.42 Å². The number of hydrogen-bond acceptors (Lipinski definition) is 9. The van der Waals surface area contributed by atoms with Crippen molar-refractivity contribution in [1.29, 1.82) is 0 Å². The first-order valence-corrected chi connectivity index (χ1v) is 9.53. The molecule has 10 nitrogen and oxygen atoms in total. The normalized spacial score (nSPS) is 23.6. The first-order chi connectivity index (χ1) is 13.9. The molecule has 30 heavy (non-hydrogen) atoms. The fourth-order valence-corrected chi connectivity index (χ4v) is 2.98. The van der Waals surface area contributed by atoms with Crippen molar-refractivity contribution in [2.75, 3.05) is 33.8 Å². The highest BCUT2D eigenvalue weighted by atomic mass is 16.7. The van der Waals surface area contributed by atoms with Gasteiger partial charge in [0.2, 0.25) is 12.4 Å². The second-order valence-electron chi connectivity index (χ2n) is 7.61. The zero-order chi connectivity index (χ0) is 22.9. The second kappa shape index (κ2) is 11.5. The fourth-order valence-electron chi connectivity index (χ4n) is 2.98. The van der Waals surface area contributed by atoms with Gasteiger partial charge < -0.3 is 28.2 Å². The number of rotatable bonds is 9. The molecule has 0 saturated carbocycles. The third-order valence-corrected chi connectivity index (χ3v) is 4.22. The average molecular weight is 428 g/mol. The van der Waals surface area contributed by atoms with Crippen LogP contribution in [0.15, 0.2) is 0 Å². The lowest BCUT2D eigenvalue weighted by Crippen LogP contribution is -2.58. The third-order valence-electron chi connectivity index (χ3n) is 4.22. The molecule has 1 fully saturated rings. The van der Waals surface area contributed by atoms with E-state index in [0.717, 1.165) is 13.8 Å². The van der Waals surface area contributed by atoms with Crippen molar-refractivity contribution >= 4 is 23.9 Å². The molecular formula is C20H30NO9+. The van der Waals surface area contributed by atoms with Crippen LogP contribution in [0, 0.1) is 12.3 Å². The summed E-state index contributed by atoms with van der Waals surface area (Å²) in [4.78, 5) is 46.7. The minimum atomic E-state index is -1.31. The minimum Gasteiger partial charge on any atom is -0.456 e. The van der Waals surface area contributed by atoms with Gasteiger partial charge in [0.25, 0.3) is 0 Å². The fraction of sp³-hybridized carbons (Fsp3) is 0.700. The van der Waals surface area contributed by atoms with Crippen LogP contribution in [0.5, 0.6) is 0 Å². The van der Waals surface area contributed by atoms with Crippen molar-refractivity contribution in [3.63, 3.8) is 0 Å². The molecule has 1 rings (SSSR count). The van der Waals surface area contributed by atoms with Gasteiger partial charge in [0, 0.05) is 27.2 Å². The summed E-state index contributed by atoms with van der Waals surface area (Å²) < 4.78 is 26.8. The Labute approximate surface area is 176 Å². The number of ether oxygens (including phenoxy) is 5. The van der Waals surface area contributed by atoms with E-state index in [4.69, 9.17) is 30.1 Å². The molecule has 0 amide bonds. The molecule has 1 heterocycles. The monoisotopic (exact) mass is 428 g/mol. The molecule has 0 N–H and O–H groups in total. The van der Waals surface area contributed by atoms with Crippen LogP contribution in [0.2, 0.25) is 0 Å². The Morgan fingerprint density at radius 2 is 1.53 bits per heavy atom. The number of quaternary nitrogens is 1. The molecule has 0 radical (unpaired) electrons. The Morgan fingerprint density at radius 3 is 2.07 bits per heavy atom. The Balaban J connectivity index is 2.84. The van der Waals surface area contributed by atoms with Crippen molar-refractivity contribution in [2.24, 2.45) is 0 Å². The molecule has 4 atom stereocenters. The molecule has 1 aliphatic heterocycles. The van der Waals surface area contributed by atoms with Crippen LogP contribution in [-0.2, 0) is 42.9 Å². The van der Waals surface area contributed by atoms with Crippen LogP contribution in [0.3, 0.4) is 0 Å². The zero-order valence-electron chi connectivity index (χ0n) is 18.0. The lowest BCUT2D eigenvalue weighted by Gasteiger charge is -2.39. The van der Waals surface area contributed by atoms with Crippen molar-refractivity contribution in [3.05, 3.63) is 0 Å². The first-order valence-electron chi connectivity index (χ1n) is 9.53. The van der Waals surface area contributed by atoms with Gasteiger partial charge in [0.05, 0.1) is 33.7 Å². The van der Waals surface area contributed by atoms with Crippen molar-refractivity contribution in [1.82, 2.24) is 0 Å². The molecule has 0 aromatic carbocycles. The summed E-state index contributed by atoms with van der Waals surface area (Å²) in [7, 11) is 3.90. The van der Waals surface area contributed by atoms with E-state index in [1.54, 1.807) is 0 Å². The Morgan fingerprint density at radius 1 is 0.967 bits per heavy atom. The Hall–Kier alpha value is -2.64. The van der Waals surface area contributed by atoms with Gasteiger partial charge in [0.15, 0.2) is 12.2 Å². The maximum absolute atomic E-state index is 12.3. The molecule has 10 heteroatoms. The molecule has 0 spiro atoms. The molecule has 1 unspecified atom stereocenters. The average Bonchev–Trinajstić information content (AvgIpc) is 2.58. The Bertz CT molecular complexity index is 682. The second-order valence-corrected chi connectivity index (χ2v) is 7.61. The van der Waals surface area contributed by atoms with Gasteiger partial charge in [-0.1, -0.05) is 0 Å². The van der Waals surface area contributed by atoms with Crippen molar-refractivity contribution < 1.29 is 47.3 Å². The quantitative estimate of drug-likeness (QED) is 0.219. The van der Waals surface area contributed by atoms with E-state index < -0.39 is 48.5 Å². The van der Waals surface area contributed by atoms with E-state index >= 15 is 0 Å². The molecular weight excluding hydrogens is 398 g/mol. The molecule has 0 aromatic heterocycles. The predicted molar refractivity (Wildman–Crippen MR) is 102 cm³/mol. The van der Waals surface area contributed by atoms with Crippen LogP contribution in [-0.4, -0.2) is 86.8 Å². The SMILES string of the molecule is C#CC[N+](C)(C)CCCC(=O)OC1OC[C@H](OC(C)=O)[C@H](OC(C)=O)[C@H]1OC(C)=O. The summed E-state index contributed by atoms with van der Waals surface area (Å²) in [5, 5.41) is 0. The van der Waals surface area contributed by atoms with Gasteiger partial charge in [0.1, 0.15) is 6.54 Å². The summed E-state index contributed by atoms with van der Waals surface area (Å²) in [5.41, 5.74) is 0. The number of esters is 4. The van der Waals surface area contributed by atoms with E-state index in [2.05, 4.69) is 5.92 Å². The number of carbonyl (C=O) groups is 4. The first kappa shape index (κ1) is 25.4. The van der Waals surface area contributed by atoms with Crippen molar-refractivity contribution in [3.8, 4) is 12.3 Å². The highest BCUT2D eigenvalue weighted by Gasteiger charge is 2.48. The summed E-state index contributed by atoms with van der Waals surface area (Å²) >= 11 is 0. The van der Waals surface area contributed by atoms with Crippen molar-refractivity contribution in [2.45, 2.75) is 58.2 Å². The largest absolute Gasteiger partial charge is 0.456 e. The molecule has 168 valence electrons. The number of terminal acetylenes is 1. The Kier molecular flexibility index (Phi) is 9.75. The number of nitrogens with zero attached hydrogens (tertiary/aromatic N) is 1. The summed E-state index contributed by atoms with van der Waals surface area (Å²) in [5.74, 6) is -0.0231. The maximum Gasteiger partial charge on any atom is 0.308 e. The third kappa shape index (κ3) is 8.80. The maximum atomic E-state index is 12.3. The van der Waals surface area contributed by atoms with E-state index in [-0.39, 0.29) is 13.0 Å². The standard InChI is InChI=1S/C20H30NO9/c1-7-10-21(5,6)11-8-9-17(25)30-20-19(29-15(4)24)18(28-14(3)23)16(12-26-20)27-13(2)22/h1,16,18-20H,8-12H2,2-6H3/q+1/t16-,18-,19+,20?/m0/s1.